The van der Waals surface area contributed by atoms with Gasteiger partial charge in [0.05, 0.1) is 0 Å². The molecule has 0 aromatic carbocycles. The zero-order valence-electron chi connectivity index (χ0n) is 5.71. The van der Waals surface area contributed by atoms with E-state index < -0.39 is 10.7 Å². The van der Waals surface area contributed by atoms with E-state index in [1.165, 1.54) is 6.92 Å². The second kappa shape index (κ2) is 2.00. The maximum Gasteiger partial charge on any atom is 0.239 e. The van der Waals surface area contributed by atoms with Crippen LogP contribution in [0.3, 0.4) is 0 Å². The average Bonchev–Trinajstić information content (AvgIpc) is 1.95. The number of Topliss-reactive ketones (excluding diaryl/α,β-unsaturated/α-hetero) is 1. The lowest BCUT2D eigenvalue weighted by molar-refractivity contribution is -0.126. The molecule has 0 bridgehead atoms. The molecule has 1 rings (SSSR count). The largest absolute Gasteiger partial charge is 0.504 e. The summed E-state index contributed by atoms with van der Waals surface area (Å²) < 4.78 is 0. The Kier molecular flexibility index (Phi) is 1.53. The van der Waals surface area contributed by atoms with Crippen molar-refractivity contribution in [1.82, 2.24) is 0 Å². The molecule has 0 saturated heterocycles. The lowest BCUT2D eigenvalue weighted by Gasteiger charge is -2.11. The highest BCUT2D eigenvalue weighted by Gasteiger charge is 2.41. The number of ketones is 1. The van der Waals surface area contributed by atoms with E-state index in [4.69, 9.17) is 5.11 Å². The number of allylic oxidation sites excluding steroid dienone is 1. The van der Waals surface area contributed by atoms with Crippen molar-refractivity contribution in [3.05, 3.63) is 10.7 Å². The Balaban J connectivity index is 2.99. The van der Waals surface area contributed by atoms with E-state index in [2.05, 4.69) is 0 Å². The third-order valence-corrected chi connectivity index (χ3v) is 2.40. The van der Waals surface area contributed by atoms with Gasteiger partial charge in [0.15, 0.2) is 10.7 Å². The highest BCUT2D eigenvalue weighted by Crippen LogP contribution is 2.39. The summed E-state index contributed by atoms with van der Waals surface area (Å²) in [4.78, 5) is 9.89. The first-order chi connectivity index (χ1) is 4.45. The van der Waals surface area contributed by atoms with E-state index in [0.29, 0.717) is 4.91 Å². The molecule has 0 unspecified atom stereocenters. The second-order valence-corrected chi connectivity index (χ2v) is 3.93. The molecule has 1 heterocycles. The molecule has 10 heavy (non-hydrogen) atoms. The number of carbonyl (C=O) groups excluding carboxylic acids is 1. The Morgan fingerprint density at radius 3 is 2.20 bits per heavy atom. The van der Waals surface area contributed by atoms with Crippen molar-refractivity contribution in [1.29, 1.82) is 0 Å². The van der Waals surface area contributed by atoms with Crippen molar-refractivity contribution in [2.75, 3.05) is 0 Å². The molecule has 1 aliphatic rings. The van der Waals surface area contributed by atoms with Gasteiger partial charge in [0.1, 0.15) is 0 Å². The van der Waals surface area contributed by atoms with Crippen molar-refractivity contribution in [3.63, 3.8) is 0 Å². The van der Waals surface area contributed by atoms with Crippen LogP contribution in [-0.4, -0.2) is 20.9 Å². The SMILES string of the molecule is CC1=C(O)C(=O)[C@](C)(O)S1. The van der Waals surface area contributed by atoms with Crippen molar-refractivity contribution >= 4 is 17.5 Å². The third kappa shape index (κ3) is 0.932. The van der Waals surface area contributed by atoms with Crippen LogP contribution in [0.1, 0.15) is 13.8 Å². The Bertz CT molecular complexity index is 217. The average molecular weight is 160 g/mol. The zero-order chi connectivity index (χ0) is 7.94. The van der Waals surface area contributed by atoms with Gasteiger partial charge < -0.3 is 10.2 Å². The van der Waals surface area contributed by atoms with Crippen LogP contribution in [0.15, 0.2) is 10.7 Å². The fourth-order valence-electron chi connectivity index (χ4n) is 0.772. The summed E-state index contributed by atoms with van der Waals surface area (Å²) in [5.74, 6) is -0.912. The minimum atomic E-state index is -1.45. The maximum atomic E-state index is 10.9. The van der Waals surface area contributed by atoms with Crippen LogP contribution in [0.5, 0.6) is 0 Å². The van der Waals surface area contributed by atoms with Crippen LogP contribution in [-0.2, 0) is 4.79 Å². The summed E-state index contributed by atoms with van der Waals surface area (Å²) in [5.41, 5.74) is 0. The lowest BCUT2D eigenvalue weighted by atomic mass is 10.2. The Morgan fingerprint density at radius 1 is 1.60 bits per heavy atom. The van der Waals surface area contributed by atoms with Crippen LogP contribution in [0.2, 0.25) is 0 Å². The first-order valence-corrected chi connectivity index (χ1v) is 3.63. The number of rotatable bonds is 0. The number of hydrogen-bond donors (Lipinski definition) is 2. The molecule has 0 aromatic rings. The van der Waals surface area contributed by atoms with Crippen molar-refractivity contribution in [3.8, 4) is 0 Å². The summed E-state index contributed by atoms with van der Waals surface area (Å²) in [6.07, 6.45) is 0. The molecule has 2 N–H and O–H groups in total. The highest BCUT2D eigenvalue weighted by atomic mass is 32.2. The summed E-state index contributed by atoms with van der Waals surface area (Å²) >= 11 is 0.975. The monoisotopic (exact) mass is 160 g/mol. The predicted octanol–water partition coefficient (Wildman–Crippen LogP) is 0.800. The molecule has 0 fully saturated rings. The van der Waals surface area contributed by atoms with Gasteiger partial charge in [-0.1, -0.05) is 11.8 Å². The normalized spacial score (nSPS) is 33.7. The van der Waals surface area contributed by atoms with E-state index in [-0.39, 0.29) is 5.76 Å². The van der Waals surface area contributed by atoms with E-state index in [1.807, 2.05) is 0 Å². The van der Waals surface area contributed by atoms with Gasteiger partial charge in [0.25, 0.3) is 0 Å². The van der Waals surface area contributed by atoms with Crippen LogP contribution in [0, 0.1) is 0 Å². The molecule has 0 aromatic heterocycles. The molecular formula is C6H8O3S. The zero-order valence-corrected chi connectivity index (χ0v) is 6.53. The molecule has 3 nitrogen and oxygen atoms in total. The van der Waals surface area contributed by atoms with Crippen LogP contribution < -0.4 is 0 Å². The van der Waals surface area contributed by atoms with Crippen molar-refractivity contribution in [2.24, 2.45) is 0 Å². The quantitative estimate of drug-likeness (QED) is 0.550. The number of thioether (sulfide) groups is 1. The summed E-state index contributed by atoms with van der Waals surface area (Å²) in [5, 5.41) is 18.2. The molecule has 56 valence electrons. The van der Waals surface area contributed by atoms with E-state index >= 15 is 0 Å². The number of carbonyl (C=O) groups is 1. The number of aliphatic hydroxyl groups excluding tert-OH is 1. The molecule has 0 spiro atoms. The molecule has 0 saturated carbocycles. The Hall–Kier alpha value is -0.480. The summed E-state index contributed by atoms with van der Waals surface area (Å²) in [7, 11) is 0. The number of aliphatic hydroxyl groups is 2. The van der Waals surface area contributed by atoms with Crippen LogP contribution >= 0.6 is 11.8 Å². The minimum Gasteiger partial charge on any atom is -0.504 e. The van der Waals surface area contributed by atoms with E-state index in [1.54, 1.807) is 6.92 Å². The Labute approximate surface area is 62.7 Å². The van der Waals surface area contributed by atoms with Gasteiger partial charge in [-0.2, -0.15) is 0 Å². The van der Waals surface area contributed by atoms with Crippen LogP contribution in [0.4, 0.5) is 0 Å². The molecule has 4 heteroatoms. The number of hydrogen-bond acceptors (Lipinski definition) is 4. The fourth-order valence-corrected chi connectivity index (χ4v) is 1.75. The van der Waals surface area contributed by atoms with Crippen molar-refractivity contribution < 1.29 is 15.0 Å². The summed E-state index contributed by atoms with van der Waals surface area (Å²) in [6.45, 7) is 2.96. The van der Waals surface area contributed by atoms with E-state index in [9.17, 15) is 9.90 Å². The predicted molar refractivity (Wildman–Crippen MR) is 38.6 cm³/mol. The first-order valence-electron chi connectivity index (χ1n) is 2.81. The molecule has 1 atom stereocenters. The van der Waals surface area contributed by atoms with Gasteiger partial charge in [-0.15, -0.1) is 0 Å². The topological polar surface area (TPSA) is 57.5 Å². The molecule has 0 amide bonds. The molecule has 1 aliphatic heterocycles. The second-order valence-electron chi connectivity index (χ2n) is 2.32. The molecule has 0 aliphatic carbocycles. The van der Waals surface area contributed by atoms with Crippen molar-refractivity contribution in [2.45, 2.75) is 18.8 Å². The van der Waals surface area contributed by atoms with Crippen LogP contribution in [0.25, 0.3) is 0 Å². The standard InChI is InChI=1S/C6H8O3S/c1-3-4(7)5(8)6(2,9)10-3/h7,9H,1-2H3/t6-/m1/s1. The van der Waals surface area contributed by atoms with Gasteiger partial charge in [0.2, 0.25) is 5.78 Å². The van der Waals surface area contributed by atoms with Gasteiger partial charge in [-0.05, 0) is 13.8 Å². The van der Waals surface area contributed by atoms with Gasteiger partial charge >= 0.3 is 0 Å². The van der Waals surface area contributed by atoms with Gasteiger partial charge in [-0.3, -0.25) is 4.79 Å². The van der Waals surface area contributed by atoms with Gasteiger partial charge in [-0.25, -0.2) is 0 Å². The maximum absolute atomic E-state index is 10.9. The Morgan fingerprint density at radius 2 is 2.10 bits per heavy atom. The lowest BCUT2D eigenvalue weighted by Crippen LogP contribution is -2.27. The summed E-state index contributed by atoms with van der Waals surface area (Å²) in [6, 6.07) is 0. The van der Waals surface area contributed by atoms with E-state index in [0.717, 1.165) is 11.8 Å². The minimum absolute atomic E-state index is 0.310. The highest BCUT2D eigenvalue weighted by molar-refractivity contribution is 8.05. The first kappa shape index (κ1) is 7.63. The smallest absolute Gasteiger partial charge is 0.239 e. The third-order valence-electron chi connectivity index (χ3n) is 1.32. The van der Waals surface area contributed by atoms with Gasteiger partial charge in [0, 0.05) is 4.91 Å². The molecular weight excluding hydrogens is 152 g/mol. The fraction of sp³-hybridized carbons (Fsp3) is 0.500. The molecule has 0 radical (unpaired) electrons.